The van der Waals surface area contributed by atoms with Gasteiger partial charge in [0.25, 0.3) is 0 Å². The molecule has 1 saturated heterocycles. The van der Waals surface area contributed by atoms with Crippen LogP contribution in [-0.4, -0.2) is 60.8 Å². The Balaban J connectivity index is 1.73. The van der Waals surface area contributed by atoms with Crippen LogP contribution < -0.4 is 10.6 Å². The zero-order valence-corrected chi connectivity index (χ0v) is 12.4. The SMILES string of the molecule is CC(C)CNc1cc(NCCN2CCOCC2)ncn1. The number of hydrogen-bond donors (Lipinski definition) is 2. The Labute approximate surface area is 120 Å². The minimum absolute atomic E-state index is 0.600. The number of anilines is 2. The van der Waals surface area contributed by atoms with Crippen LogP contribution in [0.3, 0.4) is 0 Å². The van der Waals surface area contributed by atoms with Crippen molar-refractivity contribution in [2.45, 2.75) is 13.8 Å². The van der Waals surface area contributed by atoms with Gasteiger partial charge < -0.3 is 15.4 Å². The third-order valence-corrected chi connectivity index (χ3v) is 3.20. The van der Waals surface area contributed by atoms with Crippen molar-refractivity contribution in [1.82, 2.24) is 14.9 Å². The molecule has 0 atom stereocenters. The van der Waals surface area contributed by atoms with E-state index in [-0.39, 0.29) is 0 Å². The summed E-state index contributed by atoms with van der Waals surface area (Å²) in [4.78, 5) is 10.9. The van der Waals surface area contributed by atoms with Gasteiger partial charge in [0.2, 0.25) is 0 Å². The summed E-state index contributed by atoms with van der Waals surface area (Å²) in [5.41, 5.74) is 0. The number of morpholine rings is 1. The topological polar surface area (TPSA) is 62.3 Å². The summed E-state index contributed by atoms with van der Waals surface area (Å²) in [5.74, 6) is 2.35. The molecular formula is C14H25N5O. The molecule has 0 unspecified atom stereocenters. The zero-order valence-electron chi connectivity index (χ0n) is 12.4. The molecule has 2 N–H and O–H groups in total. The first kappa shape index (κ1) is 15.0. The molecule has 0 aromatic carbocycles. The first-order valence-corrected chi connectivity index (χ1v) is 7.34. The molecule has 20 heavy (non-hydrogen) atoms. The lowest BCUT2D eigenvalue weighted by molar-refractivity contribution is 0.0398. The molecule has 0 bridgehead atoms. The molecule has 112 valence electrons. The molecule has 1 fully saturated rings. The van der Waals surface area contributed by atoms with E-state index >= 15 is 0 Å². The van der Waals surface area contributed by atoms with Crippen molar-refractivity contribution < 1.29 is 4.74 Å². The summed E-state index contributed by atoms with van der Waals surface area (Å²) in [5, 5.41) is 6.65. The van der Waals surface area contributed by atoms with E-state index in [2.05, 4.69) is 39.3 Å². The summed E-state index contributed by atoms with van der Waals surface area (Å²) in [6.45, 7) is 10.9. The molecular weight excluding hydrogens is 254 g/mol. The Hall–Kier alpha value is -1.40. The summed E-state index contributed by atoms with van der Waals surface area (Å²) in [6, 6.07) is 1.96. The van der Waals surface area contributed by atoms with Crippen LogP contribution >= 0.6 is 0 Å². The highest BCUT2D eigenvalue weighted by Crippen LogP contribution is 2.09. The van der Waals surface area contributed by atoms with Crippen LogP contribution in [0.25, 0.3) is 0 Å². The monoisotopic (exact) mass is 279 g/mol. The fourth-order valence-corrected chi connectivity index (χ4v) is 2.03. The highest BCUT2D eigenvalue weighted by molar-refractivity contribution is 5.46. The van der Waals surface area contributed by atoms with E-state index in [9.17, 15) is 0 Å². The summed E-state index contributed by atoms with van der Waals surface area (Å²) < 4.78 is 5.34. The standard InChI is InChI=1S/C14H25N5O/c1-12(2)10-16-14-9-13(17-11-18-14)15-3-4-19-5-7-20-8-6-19/h9,11-12H,3-8,10H2,1-2H3,(H2,15,16,17,18). The van der Waals surface area contributed by atoms with Crippen LogP contribution in [-0.2, 0) is 4.74 Å². The third kappa shape index (κ3) is 5.30. The van der Waals surface area contributed by atoms with Crippen molar-refractivity contribution in [1.29, 1.82) is 0 Å². The van der Waals surface area contributed by atoms with Gasteiger partial charge in [-0.05, 0) is 5.92 Å². The van der Waals surface area contributed by atoms with Gasteiger partial charge >= 0.3 is 0 Å². The van der Waals surface area contributed by atoms with E-state index in [1.807, 2.05) is 6.07 Å². The lowest BCUT2D eigenvalue weighted by Gasteiger charge is -2.26. The third-order valence-electron chi connectivity index (χ3n) is 3.20. The van der Waals surface area contributed by atoms with Gasteiger partial charge in [-0.2, -0.15) is 0 Å². The van der Waals surface area contributed by atoms with Crippen LogP contribution in [0.4, 0.5) is 11.6 Å². The van der Waals surface area contributed by atoms with E-state index in [1.165, 1.54) is 0 Å². The van der Waals surface area contributed by atoms with Crippen molar-refractivity contribution in [3.63, 3.8) is 0 Å². The number of aromatic nitrogens is 2. The molecule has 0 saturated carbocycles. The zero-order chi connectivity index (χ0) is 14.2. The number of ether oxygens (including phenoxy) is 1. The van der Waals surface area contributed by atoms with Crippen LogP contribution in [0.15, 0.2) is 12.4 Å². The van der Waals surface area contributed by atoms with Crippen molar-refractivity contribution >= 4 is 11.6 Å². The number of nitrogens with zero attached hydrogens (tertiary/aromatic N) is 3. The summed E-state index contributed by atoms with van der Waals surface area (Å²) in [6.07, 6.45) is 1.60. The lowest BCUT2D eigenvalue weighted by atomic mass is 10.2. The summed E-state index contributed by atoms with van der Waals surface area (Å²) >= 11 is 0. The predicted octanol–water partition coefficient (Wildman–Crippen LogP) is 1.29. The number of nitrogens with one attached hydrogen (secondary N) is 2. The highest BCUT2D eigenvalue weighted by atomic mass is 16.5. The van der Waals surface area contributed by atoms with E-state index in [0.717, 1.165) is 57.6 Å². The molecule has 2 heterocycles. The average molecular weight is 279 g/mol. The second-order valence-electron chi connectivity index (χ2n) is 5.44. The number of rotatable bonds is 7. The van der Waals surface area contributed by atoms with Crippen molar-refractivity contribution in [2.75, 3.05) is 56.6 Å². The molecule has 1 aromatic rings. The van der Waals surface area contributed by atoms with Gasteiger partial charge in [-0.3, -0.25) is 4.90 Å². The maximum atomic E-state index is 5.34. The largest absolute Gasteiger partial charge is 0.379 e. The van der Waals surface area contributed by atoms with Crippen molar-refractivity contribution in [2.24, 2.45) is 5.92 Å². The summed E-state index contributed by atoms with van der Waals surface area (Å²) in [7, 11) is 0. The van der Waals surface area contributed by atoms with Crippen LogP contribution in [0.1, 0.15) is 13.8 Å². The smallest absolute Gasteiger partial charge is 0.131 e. The van der Waals surface area contributed by atoms with Crippen LogP contribution in [0, 0.1) is 5.92 Å². The van der Waals surface area contributed by atoms with E-state index in [0.29, 0.717) is 5.92 Å². The quantitative estimate of drug-likeness (QED) is 0.784. The molecule has 1 aliphatic heterocycles. The van der Waals surface area contributed by atoms with Gasteiger partial charge in [-0.25, -0.2) is 9.97 Å². The van der Waals surface area contributed by atoms with E-state index in [4.69, 9.17) is 4.74 Å². The van der Waals surface area contributed by atoms with Gasteiger partial charge in [0.1, 0.15) is 18.0 Å². The Morgan fingerprint density at radius 3 is 2.60 bits per heavy atom. The van der Waals surface area contributed by atoms with Gasteiger partial charge in [0.05, 0.1) is 13.2 Å². The van der Waals surface area contributed by atoms with Gasteiger partial charge in [0, 0.05) is 38.8 Å². The lowest BCUT2D eigenvalue weighted by Crippen LogP contribution is -2.39. The molecule has 0 spiro atoms. The van der Waals surface area contributed by atoms with Gasteiger partial charge in [0.15, 0.2) is 0 Å². The average Bonchev–Trinajstić information content (AvgIpc) is 2.47. The van der Waals surface area contributed by atoms with E-state index < -0.39 is 0 Å². The molecule has 0 aliphatic carbocycles. The van der Waals surface area contributed by atoms with Gasteiger partial charge in [-0.15, -0.1) is 0 Å². The second kappa shape index (κ2) is 8.01. The Kier molecular flexibility index (Phi) is 6.01. The molecule has 6 heteroatoms. The molecule has 2 rings (SSSR count). The Morgan fingerprint density at radius 1 is 1.20 bits per heavy atom. The van der Waals surface area contributed by atoms with Gasteiger partial charge in [-0.1, -0.05) is 13.8 Å². The molecule has 6 nitrogen and oxygen atoms in total. The van der Waals surface area contributed by atoms with Crippen LogP contribution in [0.5, 0.6) is 0 Å². The molecule has 1 aromatic heterocycles. The maximum absolute atomic E-state index is 5.34. The molecule has 0 amide bonds. The molecule has 1 aliphatic rings. The Bertz CT molecular complexity index is 393. The first-order chi connectivity index (χ1) is 9.74. The number of hydrogen-bond acceptors (Lipinski definition) is 6. The van der Waals surface area contributed by atoms with Crippen molar-refractivity contribution in [3.05, 3.63) is 12.4 Å². The molecule has 0 radical (unpaired) electrons. The second-order valence-corrected chi connectivity index (χ2v) is 5.44. The Morgan fingerprint density at radius 2 is 1.90 bits per heavy atom. The normalized spacial score (nSPS) is 16.4. The first-order valence-electron chi connectivity index (χ1n) is 7.34. The van der Waals surface area contributed by atoms with Crippen molar-refractivity contribution in [3.8, 4) is 0 Å². The fourth-order valence-electron chi connectivity index (χ4n) is 2.03. The minimum atomic E-state index is 0.600. The highest BCUT2D eigenvalue weighted by Gasteiger charge is 2.09. The maximum Gasteiger partial charge on any atom is 0.131 e. The minimum Gasteiger partial charge on any atom is -0.379 e. The predicted molar refractivity (Wildman–Crippen MR) is 81.1 cm³/mol. The van der Waals surface area contributed by atoms with E-state index in [1.54, 1.807) is 6.33 Å². The fraction of sp³-hybridized carbons (Fsp3) is 0.714. The van der Waals surface area contributed by atoms with Crippen LogP contribution in [0.2, 0.25) is 0 Å².